The lowest BCUT2D eigenvalue weighted by molar-refractivity contribution is -0.135. The number of nitrogens with two attached hydrogens (primary N) is 1. The predicted molar refractivity (Wildman–Crippen MR) is 52.1 cm³/mol. The van der Waals surface area contributed by atoms with Crippen LogP contribution in [0.4, 0.5) is 0 Å². The van der Waals surface area contributed by atoms with Crippen LogP contribution in [-0.4, -0.2) is 44.2 Å². The maximum absolute atomic E-state index is 11.2. The van der Waals surface area contributed by atoms with E-state index >= 15 is 0 Å². The first-order valence-electron chi connectivity index (χ1n) is 4.08. The lowest BCUT2D eigenvalue weighted by Crippen LogP contribution is -2.49. The highest BCUT2D eigenvalue weighted by molar-refractivity contribution is 5.86. The topological polar surface area (TPSA) is 93.5 Å². The van der Waals surface area contributed by atoms with Gasteiger partial charge in [-0.25, -0.2) is 0 Å². The second kappa shape index (κ2) is 6.58. The standard InChI is InChI=1S/C7H13N3O3.ClH/c8-6(11)4-10-7(12)5-3-9-1-2-13-5;/h5,9H,1-4H2,(H2,8,11)(H,10,12);1H/t5-;/m0./s1. The molecule has 6 nitrogen and oxygen atoms in total. The van der Waals surface area contributed by atoms with E-state index in [-0.39, 0.29) is 24.9 Å². The lowest BCUT2D eigenvalue weighted by atomic mass is 10.3. The number of primary amides is 1. The van der Waals surface area contributed by atoms with Crippen LogP contribution in [0.2, 0.25) is 0 Å². The van der Waals surface area contributed by atoms with E-state index in [4.69, 9.17) is 10.5 Å². The van der Waals surface area contributed by atoms with Crippen LogP contribution in [-0.2, 0) is 14.3 Å². The maximum Gasteiger partial charge on any atom is 0.250 e. The van der Waals surface area contributed by atoms with Crippen molar-refractivity contribution in [2.75, 3.05) is 26.2 Å². The van der Waals surface area contributed by atoms with Crippen molar-refractivity contribution in [2.24, 2.45) is 5.73 Å². The number of carbonyl (C=O) groups is 2. The van der Waals surface area contributed by atoms with Crippen LogP contribution in [0.3, 0.4) is 0 Å². The highest BCUT2D eigenvalue weighted by Gasteiger charge is 2.21. The molecule has 1 fully saturated rings. The van der Waals surface area contributed by atoms with Gasteiger partial charge in [-0.15, -0.1) is 12.4 Å². The van der Waals surface area contributed by atoms with Crippen LogP contribution in [0, 0.1) is 0 Å². The van der Waals surface area contributed by atoms with Crippen molar-refractivity contribution in [3.8, 4) is 0 Å². The van der Waals surface area contributed by atoms with Crippen LogP contribution < -0.4 is 16.4 Å². The first kappa shape index (κ1) is 13.2. The first-order chi connectivity index (χ1) is 6.20. The summed E-state index contributed by atoms with van der Waals surface area (Å²) in [6, 6.07) is 0. The minimum Gasteiger partial charge on any atom is -0.368 e. The predicted octanol–water partition coefficient (Wildman–Crippen LogP) is -2.00. The Kier molecular flexibility index (Phi) is 6.18. The van der Waals surface area contributed by atoms with Crippen molar-refractivity contribution in [1.82, 2.24) is 10.6 Å². The molecule has 14 heavy (non-hydrogen) atoms. The fraction of sp³-hybridized carbons (Fsp3) is 0.714. The summed E-state index contributed by atoms with van der Waals surface area (Å²) < 4.78 is 5.15. The molecule has 0 saturated carbocycles. The third-order valence-corrected chi connectivity index (χ3v) is 1.66. The van der Waals surface area contributed by atoms with Gasteiger partial charge < -0.3 is 21.1 Å². The largest absolute Gasteiger partial charge is 0.368 e. The molecule has 2 amide bonds. The van der Waals surface area contributed by atoms with Crippen molar-refractivity contribution < 1.29 is 14.3 Å². The molecule has 0 aromatic rings. The van der Waals surface area contributed by atoms with Crippen LogP contribution >= 0.6 is 12.4 Å². The molecular formula is C7H14ClN3O3. The summed E-state index contributed by atoms with van der Waals surface area (Å²) in [6.07, 6.45) is -0.506. The van der Waals surface area contributed by atoms with Crippen molar-refractivity contribution in [1.29, 1.82) is 0 Å². The molecular weight excluding hydrogens is 210 g/mol. The Morgan fingerprint density at radius 2 is 2.29 bits per heavy atom. The van der Waals surface area contributed by atoms with Crippen molar-refractivity contribution in [2.45, 2.75) is 6.10 Å². The molecule has 1 atom stereocenters. The first-order valence-corrected chi connectivity index (χ1v) is 4.08. The lowest BCUT2D eigenvalue weighted by Gasteiger charge is -2.22. The van der Waals surface area contributed by atoms with Crippen molar-refractivity contribution in [3.63, 3.8) is 0 Å². The van der Waals surface area contributed by atoms with Crippen molar-refractivity contribution in [3.05, 3.63) is 0 Å². The molecule has 7 heteroatoms. The molecule has 1 aliphatic rings. The quantitative estimate of drug-likeness (QED) is 0.516. The number of nitrogens with one attached hydrogen (secondary N) is 2. The minimum absolute atomic E-state index is 0. The summed E-state index contributed by atoms with van der Waals surface area (Å²) in [7, 11) is 0. The Hall–Kier alpha value is -0.850. The number of halogens is 1. The molecule has 82 valence electrons. The van der Waals surface area contributed by atoms with Gasteiger partial charge in [0.15, 0.2) is 0 Å². The van der Waals surface area contributed by atoms with Crippen LogP contribution in [0.15, 0.2) is 0 Å². The molecule has 1 rings (SSSR count). The summed E-state index contributed by atoms with van der Waals surface area (Å²) in [4.78, 5) is 21.6. The molecule has 0 aliphatic carbocycles. The van der Waals surface area contributed by atoms with E-state index in [0.29, 0.717) is 13.2 Å². The van der Waals surface area contributed by atoms with Gasteiger partial charge in [-0.1, -0.05) is 0 Å². The Morgan fingerprint density at radius 1 is 1.57 bits per heavy atom. The average Bonchev–Trinajstić information content (AvgIpc) is 2.15. The second-order valence-electron chi connectivity index (χ2n) is 2.75. The van der Waals surface area contributed by atoms with Gasteiger partial charge in [0.25, 0.3) is 5.91 Å². The molecule has 0 unspecified atom stereocenters. The number of morpholine rings is 1. The van der Waals surface area contributed by atoms with Gasteiger partial charge in [0.05, 0.1) is 13.2 Å². The SMILES string of the molecule is Cl.NC(=O)CNC(=O)[C@@H]1CNCCO1. The van der Waals surface area contributed by atoms with Gasteiger partial charge in [-0.05, 0) is 0 Å². The van der Waals surface area contributed by atoms with E-state index in [0.717, 1.165) is 6.54 Å². The van der Waals surface area contributed by atoms with Gasteiger partial charge in [0.1, 0.15) is 6.10 Å². The zero-order chi connectivity index (χ0) is 9.68. The van der Waals surface area contributed by atoms with E-state index < -0.39 is 12.0 Å². The van der Waals surface area contributed by atoms with Gasteiger partial charge in [-0.2, -0.15) is 0 Å². The van der Waals surface area contributed by atoms with E-state index in [9.17, 15) is 9.59 Å². The number of hydrogen-bond acceptors (Lipinski definition) is 4. The normalized spacial score (nSPS) is 20.7. The monoisotopic (exact) mass is 223 g/mol. The highest BCUT2D eigenvalue weighted by Crippen LogP contribution is 1.94. The maximum atomic E-state index is 11.2. The second-order valence-corrected chi connectivity index (χ2v) is 2.75. The van der Waals surface area contributed by atoms with E-state index in [1.165, 1.54) is 0 Å². The zero-order valence-corrected chi connectivity index (χ0v) is 8.43. The number of rotatable bonds is 3. The fourth-order valence-electron chi connectivity index (χ4n) is 1.02. The number of ether oxygens (including phenoxy) is 1. The zero-order valence-electron chi connectivity index (χ0n) is 7.62. The summed E-state index contributed by atoms with van der Waals surface area (Å²) in [5.74, 6) is -0.858. The van der Waals surface area contributed by atoms with E-state index in [1.54, 1.807) is 0 Å². The summed E-state index contributed by atoms with van der Waals surface area (Å²) in [5.41, 5.74) is 4.86. The Morgan fingerprint density at radius 3 is 2.79 bits per heavy atom. The van der Waals surface area contributed by atoms with Crippen molar-refractivity contribution >= 4 is 24.2 Å². The molecule has 0 aromatic carbocycles. The van der Waals surface area contributed by atoms with E-state index in [1.807, 2.05) is 0 Å². The smallest absolute Gasteiger partial charge is 0.250 e. The van der Waals surface area contributed by atoms with Gasteiger partial charge in [0, 0.05) is 13.1 Å². The van der Waals surface area contributed by atoms with Gasteiger partial charge in [-0.3, -0.25) is 9.59 Å². The molecule has 1 aliphatic heterocycles. The Labute approximate surface area is 88.0 Å². The third-order valence-electron chi connectivity index (χ3n) is 1.66. The van der Waals surface area contributed by atoms with Gasteiger partial charge >= 0.3 is 0 Å². The van der Waals surface area contributed by atoms with Crippen LogP contribution in [0.25, 0.3) is 0 Å². The highest BCUT2D eigenvalue weighted by atomic mass is 35.5. The molecule has 0 bridgehead atoms. The number of amides is 2. The summed E-state index contributed by atoms with van der Waals surface area (Å²) in [5, 5.41) is 5.37. The molecule has 0 radical (unpaired) electrons. The number of hydrogen-bond donors (Lipinski definition) is 3. The molecule has 0 spiro atoms. The van der Waals surface area contributed by atoms with Crippen LogP contribution in [0.1, 0.15) is 0 Å². The fourth-order valence-corrected chi connectivity index (χ4v) is 1.02. The third kappa shape index (κ3) is 4.40. The molecule has 1 heterocycles. The molecule has 4 N–H and O–H groups in total. The Balaban J connectivity index is 0.00000169. The van der Waals surface area contributed by atoms with E-state index in [2.05, 4.69) is 10.6 Å². The summed E-state index contributed by atoms with van der Waals surface area (Å²) >= 11 is 0. The minimum atomic E-state index is -0.558. The Bertz CT molecular complexity index is 206. The molecule has 1 saturated heterocycles. The number of carbonyl (C=O) groups excluding carboxylic acids is 2. The van der Waals surface area contributed by atoms with Gasteiger partial charge in [0.2, 0.25) is 5.91 Å². The average molecular weight is 224 g/mol. The molecule has 0 aromatic heterocycles. The van der Waals surface area contributed by atoms with Crippen LogP contribution in [0.5, 0.6) is 0 Å². The summed E-state index contributed by atoms with van der Waals surface area (Å²) in [6.45, 7) is 1.59.